The Morgan fingerprint density at radius 3 is 2.79 bits per heavy atom. The highest BCUT2D eigenvalue weighted by Gasteiger charge is 2.19. The van der Waals surface area contributed by atoms with Crippen molar-refractivity contribution in [1.82, 2.24) is 10.2 Å². The van der Waals surface area contributed by atoms with Crippen molar-refractivity contribution in [3.05, 3.63) is 34.1 Å². The number of rotatable bonds is 5. The highest BCUT2D eigenvalue weighted by Crippen LogP contribution is 2.24. The first-order chi connectivity index (χ1) is 9.20. The molecular formula is C15H22BrFN2. The number of likely N-dealkylation sites (tertiary alicyclic amines) is 1. The van der Waals surface area contributed by atoms with Crippen LogP contribution in [0.4, 0.5) is 4.39 Å². The number of hydrogen-bond acceptors (Lipinski definition) is 2. The third kappa shape index (κ3) is 4.26. The van der Waals surface area contributed by atoms with Crippen LogP contribution in [-0.2, 0) is 6.54 Å². The average molecular weight is 329 g/mol. The predicted octanol–water partition coefficient (Wildman–Crippen LogP) is 3.41. The van der Waals surface area contributed by atoms with E-state index >= 15 is 0 Å². The average Bonchev–Trinajstić information content (AvgIpc) is 2.43. The summed E-state index contributed by atoms with van der Waals surface area (Å²) in [6.07, 6.45) is 2.47. The van der Waals surface area contributed by atoms with Gasteiger partial charge in [0.05, 0.1) is 4.47 Å². The van der Waals surface area contributed by atoms with Gasteiger partial charge in [-0.05, 0) is 72.5 Å². The molecule has 0 radical (unpaired) electrons. The predicted molar refractivity (Wildman–Crippen MR) is 80.6 cm³/mol. The SMILES string of the molecule is CCNCC1CCN(Cc2cccc(F)c2Br)CC1. The zero-order chi connectivity index (χ0) is 13.7. The summed E-state index contributed by atoms with van der Waals surface area (Å²) >= 11 is 3.34. The van der Waals surface area contributed by atoms with Crippen LogP contribution in [0.2, 0.25) is 0 Å². The van der Waals surface area contributed by atoms with Gasteiger partial charge in [0.15, 0.2) is 0 Å². The van der Waals surface area contributed by atoms with Crippen molar-refractivity contribution in [2.75, 3.05) is 26.2 Å². The van der Waals surface area contributed by atoms with Crippen LogP contribution >= 0.6 is 15.9 Å². The number of nitrogens with one attached hydrogen (secondary N) is 1. The van der Waals surface area contributed by atoms with Gasteiger partial charge in [0.1, 0.15) is 5.82 Å². The third-order valence-electron chi connectivity index (χ3n) is 3.82. The molecule has 2 rings (SSSR count). The van der Waals surface area contributed by atoms with Gasteiger partial charge in [-0.3, -0.25) is 4.90 Å². The summed E-state index contributed by atoms with van der Waals surface area (Å²) in [5, 5.41) is 3.42. The first-order valence-electron chi connectivity index (χ1n) is 7.06. The molecule has 0 aliphatic carbocycles. The molecule has 1 aromatic carbocycles. The van der Waals surface area contributed by atoms with E-state index in [4.69, 9.17) is 0 Å². The number of halogens is 2. The van der Waals surface area contributed by atoms with Crippen molar-refractivity contribution in [3.63, 3.8) is 0 Å². The van der Waals surface area contributed by atoms with Crippen LogP contribution in [-0.4, -0.2) is 31.1 Å². The first kappa shape index (κ1) is 14.9. The van der Waals surface area contributed by atoms with E-state index in [9.17, 15) is 4.39 Å². The minimum Gasteiger partial charge on any atom is -0.317 e. The molecule has 1 aliphatic heterocycles. The van der Waals surface area contributed by atoms with E-state index in [1.165, 1.54) is 18.9 Å². The van der Waals surface area contributed by atoms with Gasteiger partial charge in [-0.2, -0.15) is 0 Å². The minimum absolute atomic E-state index is 0.167. The molecule has 19 heavy (non-hydrogen) atoms. The van der Waals surface area contributed by atoms with Crippen LogP contribution < -0.4 is 5.32 Å². The summed E-state index contributed by atoms with van der Waals surface area (Å²) < 4.78 is 14.1. The van der Waals surface area contributed by atoms with E-state index in [1.54, 1.807) is 6.07 Å². The molecule has 4 heteroatoms. The van der Waals surface area contributed by atoms with Crippen molar-refractivity contribution in [3.8, 4) is 0 Å². The molecule has 2 nitrogen and oxygen atoms in total. The van der Waals surface area contributed by atoms with Gasteiger partial charge < -0.3 is 5.32 Å². The standard InChI is InChI=1S/C15H22BrFN2/c1-2-18-10-12-6-8-19(9-7-12)11-13-4-3-5-14(17)15(13)16/h3-5,12,18H,2,6-11H2,1H3. The fraction of sp³-hybridized carbons (Fsp3) is 0.600. The lowest BCUT2D eigenvalue weighted by Crippen LogP contribution is -2.36. The highest BCUT2D eigenvalue weighted by molar-refractivity contribution is 9.10. The van der Waals surface area contributed by atoms with Crippen molar-refractivity contribution in [1.29, 1.82) is 0 Å². The maximum atomic E-state index is 13.5. The Kier molecular flexibility index (Phi) is 5.79. The van der Waals surface area contributed by atoms with Crippen LogP contribution in [0.15, 0.2) is 22.7 Å². The van der Waals surface area contributed by atoms with Gasteiger partial charge in [-0.25, -0.2) is 4.39 Å². The van der Waals surface area contributed by atoms with Crippen LogP contribution in [0.1, 0.15) is 25.3 Å². The summed E-state index contributed by atoms with van der Waals surface area (Å²) in [4.78, 5) is 2.42. The molecule has 1 saturated heterocycles. The molecule has 1 aromatic rings. The molecule has 0 spiro atoms. The molecule has 0 amide bonds. The van der Waals surface area contributed by atoms with Gasteiger partial charge in [-0.1, -0.05) is 19.1 Å². The summed E-state index contributed by atoms with van der Waals surface area (Å²) in [6.45, 7) is 7.39. The highest BCUT2D eigenvalue weighted by atomic mass is 79.9. The molecule has 0 aromatic heterocycles. The first-order valence-corrected chi connectivity index (χ1v) is 7.86. The van der Waals surface area contributed by atoms with Gasteiger partial charge in [0.2, 0.25) is 0 Å². The second kappa shape index (κ2) is 7.36. The molecule has 0 saturated carbocycles. The van der Waals surface area contributed by atoms with E-state index in [0.717, 1.165) is 44.2 Å². The molecular weight excluding hydrogens is 307 g/mol. The van der Waals surface area contributed by atoms with Gasteiger partial charge >= 0.3 is 0 Å². The van der Waals surface area contributed by atoms with Crippen LogP contribution in [0.25, 0.3) is 0 Å². The van der Waals surface area contributed by atoms with E-state index in [-0.39, 0.29) is 5.82 Å². The number of benzene rings is 1. The van der Waals surface area contributed by atoms with E-state index in [0.29, 0.717) is 4.47 Å². The van der Waals surface area contributed by atoms with Crippen LogP contribution in [0.3, 0.4) is 0 Å². The van der Waals surface area contributed by atoms with Gasteiger partial charge in [0, 0.05) is 6.54 Å². The van der Waals surface area contributed by atoms with Crippen molar-refractivity contribution < 1.29 is 4.39 Å². The summed E-state index contributed by atoms with van der Waals surface area (Å²) in [7, 11) is 0. The quantitative estimate of drug-likeness (QED) is 0.891. The second-order valence-corrected chi connectivity index (χ2v) is 6.03. The lowest BCUT2D eigenvalue weighted by atomic mass is 9.96. The maximum absolute atomic E-state index is 13.5. The Bertz CT molecular complexity index is 403. The van der Waals surface area contributed by atoms with Crippen LogP contribution in [0, 0.1) is 11.7 Å². The minimum atomic E-state index is -0.167. The molecule has 1 fully saturated rings. The van der Waals surface area contributed by atoms with Crippen molar-refractivity contribution >= 4 is 15.9 Å². The maximum Gasteiger partial charge on any atom is 0.137 e. The molecule has 0 bridgehead atoms. The second-order valence-electron chi connectivity index (χ2n) is 5.24. The number of hydrogen-bond donors (Lipinski definition) is 1. The lowest BCUT2D eigenvalue weighted by Gasteiger charge is -2.32. The summed E-state index contributed by atoms with van der Waals surface area (Å²) in [5.74, 6) is 0.631. The smallest absolute Gasteiger partial charge is 0.137 e. The van der Waals surface area contributed by atoms with E-state index < -0.39 is 0 Å². The molecule has 1 heterocycles. The number of nitrogens with zero attached hydrogens (tertiary/aromatic N) is 1. The molecule has 1 N–H and O–H groups in total. The molecule has 106 valence electrons. The molecule has 0 unspecified atom stereocenters. The molecule has 0 atom stereocenters. The molecule has 1 aliphatic rings. The zero-order valence-corrected chi connectivity index (χ0v) is 13.0. The monoisotopic (exact) mass is 328 g/mol. The topological polar surface area (TPSA) is 15.3 Å². The Labute approximate surface area is 123 Å². The lowest BCUT2D eigenvalue weighted by molar-refractivity contribution is 0.175. The van der Waals surface area contributed by atoms with E-state index in [1.807, 2.05) is 6.07 Å². The zero-order valence-electron chi connectivity index (χ0n) is 11.5. The van der Waals surface area contributed by atoms with Crippen molar-refractivity contribution in [2.24, 2.45) is 5.92 Å². The largest absolute Gasteiger partial charge is 0.317 e. The fourth-order valence-corrected chi connectivity index (χ4v) is 3.00. The van der Waals surface area contributed by atoms with Gasteiger partial charge in [-0.15, -0.1) is 0 Å². The Balaban J connectivity index is 1.84. The Morgan fingerprint density at radius 2 is 2.11 bits per heavy atom. The summed E-state index contributed by atoms with van der Waals surface area (Å²) in [6, 6.07) is 5.28. The van der Waals surface area contributed by atoms with E-state index in [2.05, 4.69) is 33.1 Å². The fourth-order valence-electron chi connectivity index (χ4n) is 2.61. The van der Waals surface area contributed by atoms with Gasteiger partial charge in [0.25, 0.3) is 0 Å². The number of piperidine rings is 1. The third-order valence-corrected chi connectivity index (χ3v) is 4.70. The van der Waals surface area contributed by atoms with Crippen LogP contribution in [0.5, 0.6) is 0 Å². The van der Waals surface area contributed by atoms with Crippen molar-refractivity contribution in [2.45, 2.75) is 26.3 Å². The Morgan fingerprint density at radius 1 is 1.37 bits per heavy atom. The summed E-state index contributed by atoms with van der Waals surface area (Å²) in [5.41, 5.74) is 1.05. The Hall–Kier alpha value is -0.450. The normalized spacial score (nSPS) is 17.8.